The first kappa shape index (κ1) is 18.4. The Hall–Kier alpha value is -2.38. The molecule has 2 N–H and O–H groups in total. The number of benzene rings is 1. The van der Waals surface area contributed by atoms with Crippen molar-refractivity contribution < 1.29 is 14.6 Å². The lowest BCUT2D eigenvalue weighted by Crippen LogP contribution is -2.36. The molecule has 0 bridgehead atoms. The molecule has 0 saturated carbocycles. The second kappa shape index (κ2) is 8.33. The summed E-state index contributed by atoms with van der Waals surface area (Å²) >= 11 is 0. The molecule has 0 unspecified atom stereocenters. The summed E-state index contributed by atoms with van der Waals surface area (Å²) in [6, 6.07) is 5.64. The second-order valence-electron chi connectivity index (χ2n) is 6.63. The summed E-state index contributed by atoms with van der Waals surface area (Å²) in [4.78, 5) is 14.7. The van der Waals surface area contributed by atoms with Crippen LogP contribution in [0.15, 0.2) is 30.6 Å². The molecule has 26 heavy (non-hydrogen) atoms. The number of likely N-dealkylation sites (tertiary alicyclic amines) is 1. The van der Waals surface area contributed by atoms with Crippen molar-refractivity contribution in [2.24, 2.45) is 0 Å². The van der Waals surface area contributed by atoms with Gasteiger partial charge >= 0.3 is 0 Å². The first-order valence-corrected chi connectivity index (χ1v) is 8.95. The molecule has 1 aromatic heterocycles. The number of amides is 1. The number of ether oxygens (including phenoxy) is 1. The van der Waals surface area contributed by atoms with Gasteiger partial charge in [0.2, 0.25) is 0 Å². The van der Waals surface area contributed by atoms with Crippen molar-refractivity contribution in [2.45, 2.75) is 25.5 Å². The Bertz CT molecular complexity index is 751. The standard InChI is InChI=1S/C19H26N4O3/c1-20-19(25)17-11-14(15-12-21-23(13-15)9-10-24)3-4-18(17)26-16-5-7-22(2)8-6-16/h3-4,11-13,16,24H,5-10H2,1-2H3,(H,20,25). The van der Waals surface area contributed by atoms with E-state index in [1.54, 1.807) is 17.9 Å². The average molecular weight is 358 g/mol. The summed E-state index contributed by atoms with van der Waals surface area (Å²) in [5.41, 5.74) is 2.32. The predicted octanol–water partition coefficient (Wildman–Crippen LogP) is 1.37. The number of rotatable bonds is 6. The van der Waals surface area contributed by atoms with E-state index in [0.717, 1.165) is 37.1 Å². The largest absolute Gasteiger partial charge is 0.489 e. The van der Waals surface area contributed by atoms with Gasteiger partial charge in [-0.25, -0.2) is 0 Å². The number of nitrogens with one attached hydrogen (secondary N) is 1. The topological polar surface area (TPSA) is 79.6 Å². The zero-order valence-corrected chi connectivity index (χ0v) is 15.3. The molecule has 2 heterocycles. The van der Waals surface area contributed by atoms with Gasteiger partial charge in [0.05, 0.1) is 24.9 Å². The molecule has 0 aliphatic carbocycles. The van der Waals surface area contributed by atoms with E-state index in [0.29, 0.717) is 17.9 Å². The summed E-state index contributed by atoms with van der Waals surface area (Å²) in [5, 5.41) is 15.9. The van der Waals surface area contributed by atoms with Gasteiger partial charge in [-0.2, -0.15) is 5.10 Å². The number of hydrogen-bond acceptors (Lipinski definition) is 5. The summed E-state index contributed by atoms with van der Waals surface area (Å²) in [6.45, 7) is 2.48. The third kappa shape index (κ3) is 4.23. The van der Waals surface area contributed by atoms with Gasteiger partial charge in [-0.05, 0) is 37.6 Å². The van der Waals surface area contributed by atoms with Gasteiger partial charge in [0.25, 0.3) is 5.91 Å². The third-order valence-corrected chi connectivity index (χ3v) is 4.71. The highest BCUT2D eigenvalue weighted by Gasteiger charge is 2.21. The summed E-state index contributed by atoms with van der Waals surface area (Å²) in [6.07, 6.45) is 5.64. The highest BCUT2D eigenvalue weighted by Crippen LogP contribution is 2.28. The van der Waals surface area contributed by atoms with E-state index in [9.17, 15) is 4.79 Å². The number of aromatic nitrogens is 2. The molecule has 140 valence electrons. The Balaban J connectivity index is 1.84. The summed E-state index contributed by atoms with van der Waals surface area (Å²) in [7, 11) is 3.73. The van der Waals surface area contributed by atoms with Crippen LogP contribution in [0.4, 0.5) is 0 Å². The number of aliphatic hydroxyl groups is 1. The number of piperidine rings is 1. The molecule has 2 aromatic rings. The van der Waals surface area contributed by atoms with Gasteiger partial charge in [-0.1, -0.05) is 6.07 Å². The van der Waals surface area contributed by atoms with Gasteiger partial charge in [0.15, 0.2) is 0 Å². The SMILES string of the molecule is CNC(=O)c1cc(-c2cnn(CCO)c2)ccc1OC1CCN(C)CC1. The summed E-state index contributed by atoms with van der Waals surface area (Å²) in [5.74, 6) is 0.447. The monoisotopic (exact) mass is 358 g/mol. The quantitative estimate of drug-likeness (QED) is 0.815. The Morgan fingerprint density at radius 2 is 2.12 bits per heavy atom. The van der Waals surface area contributed by atoms with Crippen LogP contribution in [0.5, 0.6) is 5.75 Å². The van der Waals surface area contributed by atoms with E-state index in [2.05, 4.69) is 22.4 Å². The maximum Gasteiger partial charge on any atom is 0.254 e. The molecule has 0 radical (unpaired) electrons. The number of hydrogen-bond donors (Lipinski definition) is 2. The van der Waals surface area contributed by atoms with Crippen LogP contribution in [0.1, 0.15) is 23.2 Å². The molecule has 1 amide bonds. The zero-order valence-electron chi connectivity index (χ0n) is 15.3. The Kier molecular flexibility index (Phi) is 5.90. The lowest BCUT2D eigenvalue weighted by atomic mass is 10.0. The highest BCUT2D eigenvalue weighted by molar-refractivity contribution is 5.98. The zero-order chi connectivity index (χ0) is 18.5. The maximum absolute atomic E-state index is 12.4. The molecule has 0 spiro atoms. The molecule has 3 rings (SSSR count). The fourth-order valence-electron chi connectivity index (χ4n) is 3.14. The van der Waals surface area contributed by atoms with E-state index < -0.39 is 0 Å². The Morgan fingerprint density at radius 3 is 2.81 bits per heavy atom. The summed E-state index contributed by atoms with van der Waals surface area (Å²) < 4.78 is 7.83. The van der Waals surface area contributed by atoms with Crippen molar-refractivity contribution in [3.05, 3.63) is 36.2 Å². The minimum Gasteiger partial charge on any atom is -0.489 e. The lowest BCUT2D eigenvalue weighted by molar-refractivity contribution is 0.0936. The first-order valence-electron chi connectivity index (χ1n) is 8.95. The van der Waals surface area contributed by atoms with E-state index >= 15 is 0 Å². The van der Waals surface area contributed by atoms with Crippen LogP contribution < -0.4 is 10.1 Å². The van der Waals surface area contributed by atoms with Crippen molar-refractivity contribution in [1.29, 1.82) is 0 Å². The molecule has 1 aromatic carbocycles. The number of aliphatic hydroxyl groups excluding tert-OH is 1. The Labute approximate surface area is 153 Å². The minimum absolute atomic E-state index is 0.0357. The normalized spacial score (nSPS) is 15.8. The lowest BCUT2D eigenvalue weighted by Gasteiger charge is -2.29. The predicted molar refractivity (Wildman–Crippen MR) is 99.3 cm³/mol. The van der Waals surface area contributed by atoms with Crippen LogP contribution >= 0.6 is 0 Å². The smallest absolute Gasteiger partial charge is 0.254 e. The van der Waals surface area contributed by atoms with Crippen molar-refractivity contribution in [1.82, 2.24) is 20.0 Å². The average Bonchev–Trinajstić information content (AvgIpc) is 3.12. The molecule has 7 nitrogen and oxygen atoms in total. The van der Waals surface area contributed by atoms with Gasteiger partial charge in [-0.3, -0.25) is 9.48 Å². The first-order chi connectivity index (χ1) is 12.6. The second-order valence-corrected chi connectivity index (χ2v) is 6.63. The molecule has 1 fully saturated rings. The van der Waals surface area contributed by atoms with E-state index in [1.807, 2.05) is 24.4 Å². The molecule has 1 aliphatic rings. The molecule has 1 aliphatic heterocycles. The molecule has 1 saturated heterocycles. The van der Waals surface area contributed by atoms with E-state index in [1.165, 1.54) is 0 Å². The third-order valence-electron chi connectivity index (χ3n) is 4.71. The van der Waals surface area contributed by atoms with E-state index in [4.69, 9.17) is 9.84 Å². The van der Waals surface area contributed by atoms with Crippen LogP contribution in [-0.2, 0) is 6.54 Å². The van der Waals surface area contributed by atoms with Crippen molar-refractivity contribution in [3.8, 4) is 16.9 Å². The van der Waals surface area contributed by atoms with Crippen LogP contribution in [0.2, 0.25) is 0 Å². The fourth-order valence-corrected chi connectivity index (χ4v) is 3.14. The van der Waals surface area contributed by atoms with Crippen LogP contribution in [0.25, 0.3) is 11.1 Å². The maximum atomic E-state index is 12.4. The van der Waals surface area contributed by atoms with Crippen LogP contribution in [0, 0.1) is 0 Å². The molecule has 7 heteroatoms. The highest BCUT2D eigenvalue weighted by atomic mass is 16.5. The van der Waals surface area contributed by atoms with Gasteiger partial charge in [0.1, 0.15) is 11.9 Å². The van der Waals surface area contributed by atoms with Crippen molar-refractivity contribution in [3.63, 3.8) is 0 Å². The molecular weight excluding hydrogens is 332 g/mol. The Morgan fingerprint density at radius 1 is 1.35 bits per heavy atom. The van der Waals surface area contributed by atoms with Gasteiger partial charge < -0.3 is 20.1 Å². The van der Waals surface area contributed by atoms with Gasteiger partial charge in [-0.15, -0.1) is 0 Å². The fraction of sp³-hybridized carbons (Fsp3) is 0.474. The van der Waals surface area contributed by atoms with Crippen molar-refractivity contribution in [2.75, 3.05) is 33.8 Å². The van der Waals surface area contributed by atoms with Gasteiger partial charge in [0, 0.05) is 31.9 Å². The number of carbonyl (C=O) groups is 1. The van der Waals surface area contributed by atoms with E-state index in [-0.39, 0.29) is 18.6 Å². The molecule has 0 atom stereocenters. The number of nitrogens with zero attached hydrogens (tertiary/aromatic N) is 3. The minimum atomic E-state index is -0.169. The van der Waals surface area contributed by atoms with Crippen LogP contribution in [0.3, 0.4) is 0 Å². The van der Waals surface area contributed by atoms with Crippen LogP contribution in [-0.4, -0.2) is 65.6 Å². The van der Waals surface area contributed by atoms with Crippen molar-refractivity contribution >= 4 is 5.91 Å². The molecular formula is C19H26N4O3. The number of carbonyl (C=O) groups excluding carboxylic acids is 1.